The van der Waals surface area contributed by atoms with E-state index in [2.05, 4.69) is 20.6 Å². The smallest absolute Gasteiger partial charge is 0.213 e. The Labute approximate surface area is 153 Å². The molecule has 0 aliphatic heterocycles. The summed E-state index contributed by atoms with van der Waals surface area (Å²) in [6.45, 7) is 5.47. The number of methoxy groups -OCH3 is 1. The molecule has 2 N–H and O–H groups in total. The summed E-state index contributed by atoms with van der Waals surface area (Å²) in [5, 5.41) is 6.35. The summed E-state index contributed by atoms with van der Waals surface area (Å²) >= 11 is 0. The van der Waals surface area contributed by atoms with Crippen LogP contribution in [0.2, 0.25) is 0 Å². The first kappa shape index (κ1) is 19.5. The Morgan fingerprint density at radius 2 is 2.00 bits per heavy atom. The molecule has 1 heterocycles. The highest BCUT2D eigenvalue weighted by Gasteiger charge is 2.09. The first-order chi connectivity index (χ1) is 12.6. The summed E-state index contributed by atoms with van der Waals surface area (Å²) in [4.78, 5) is 8.84. The van der Waals surface area contributed by atoms with Crippen molar-refractivity contribution in [2.75, 3.05) is 20.2 Å². The molecule has 2 rings (SSSR count). The lowest BCUT2D eigenvalue weighted by atomic mass is 10.3. The topological polar surface area (TPSA) is 67.8 Å². The fourth-order valence-electron chi connectivity index (χ4n) is 2.20. The number of aliphatic imine (C=N–C) groups is 1. The average Bonchev–Trinajstić information content (AvgIpc) is 2.66. The van der Waals surface area contributed by atoms with Crippen LogP contribution in [0.5, 0.6) is 11.6 Å². The second-order valence-electron chi connectivity index (χ2n) is 5.61. The molecule has 0 saturated heterocycles. The Balaban J connectivity index is 1.91. The van der Waals surface area contributed by atoms with Crippen LogP contribution in [0.25, 0.3) is 0 Å². The van der Waals surface area contributed by atoms with Crippen molar-refractivity contribution in [2.45, 2.75) is 26.5 Å². The van der Waals surface area contributed by atoms with E-state index in [-0.39, 0.29) is 17.7 Å². The van der Waals surface area contributed by atoms with Gasteiger partial charge in [-0.3, -0.25) is 0 Å². The van der Waals surface area contributed by atoms with E-state index >= 15 is 0 Å². The van der Waals surface area contributed by atoms with Crippen LogP contribution in [-0.2, 0) is 6.54 Å². The van der Waals surface area contributed by atoms with E-state index < -0.39 is 0 Å². The predicted octanol–water partition coefficient (Wildman–Crippen LogP) is 2.75. The van der Waals surface area contributed by atoms with Gasteiger partial charge in [-0.2, -0.15) is 0 Å². The second kappa shape index (κ2) is 10.2. The maximum Gasteiger partial charge on any atom is 0.213 e. The Kier molecular flexibility index (Phi) is 7.67. The molecule has 1 aromatic carbocycles. The van der Waals surface area contributed by atoms with E-state index in [0.29, 0.717) is 24.9 Å². The molecule has 0 spiro atoms. The minimum Gasteiger partial charge on any atom is -0.486 e. The summed E-state index contributed by atoms with van der Waals surface area (Å²) in [6.07, 6.45) is -0.231. The molecule has 0 aliphatic carbocycles. The van der Waals surface area contributed by atoms with Crippen molar-refractivity contribution < 1.29 is 13.9 Å². The molecular weight excluding hydrogens is 335 g/mol. The number of guanidine groups is 1. The van der Waals surface area contributed by atoms with Gasteiger partial charge in [0.2, 0.25) is 5.88 Å². The third kappa shape index (κ3) is 6.23. The van der Waals surface area contributed by atoms with Crippen LogP contribution < -0.4 is 20.1 Å². The van der Waals surface area contributed by atoms with E-state index in [4.69, 9.17) is 9.47 Å². The second-order valence-corrected chi connectivity index (χ2v) is 5.61. The van der Waals surface area contributed by atoms with Gasteiger partial charge in [0.1, 0.15) is 6.10 Å². The van der Waals surface area contributed by atoms with Crippen LogP contribution in [0.3, 0.4) is 0 Å². The Morgan fingerprint density at radius 1 is 1.19 bits per heavy atom. The van der Waals surface area contributed by atoms with Gasteiger partial charge in [-0.25, -0.2) is 14.4 Å². The Bertz CT molecular complexity index is 724. The van der Waals surface area contributed by atoms with Gasteiger partial charge in [-0.1, -0.05) is 18.2 Å². The highest BCUT2D eigenvalue weighted by atomic mass is 19.1. The van der Waals surface area contributed by atoms with Gasteiger partial charge in [-0.15, -0.1) is 0 Å². The number of halogens is 1. The standard InChI is InChI=1S/C19H25FN4O2/c1-4-21-19(23-13-15-8-7-11-18(24-15)25-3)22-12-14(2)26-17-10-6-5-9-16(17)20/h5-11,14H,4,12-13H2,1-3H3,(H2,21,22,23). The molecule has 1 unspecified atom stereocenters. The van der Waals surface area contributed by atoms with Crippen molar-refractivity contribution in [3.8, 4) is 11.6 Å². The minimum absolute atomic E-state index is 0.231. The van der Waals surface area contributed by atoms with Crippen LogP contribution in [0.15, 0.2) is 47.5 Å². The molecule has 140 valence electrons. The minimum atomic E-state index is -0.371. The first-order valence-electron chi connectivity index (χ1n) is 8.55. The zero-order valence-electron chi connectivity index (χ0n) is 15.3. The van der Waals surface area contributed by atoms with E-state index in [9.17, 15) is 4.39 Å². The van der Waals surface area contributed by atoms with Gasteiger partial charge in [0.25, 0.3) is 0 Å². The molecule has 2 aromatic rings. The van der Waals surface area contributed by atoms with Crippen molar-refractivity contribution in [2.24, 2.45) is 4.99 Å². The Hall–Kier alpha value is -2.83. The Morgan fingerprint density at radius 3 is 2.73 bits per heavy atom. The summed E-state index contributed by atoms with van der Waals surface area (Å²) in [7, 11) is 1.58. The lowest BCUT2D eigenvalue weighted by molar-refractivity contribution is 0.214. The van der Waals surface area contributed by atoms with Crippen LogP contribution in [0.1, 0.15) is 19.5 Å². The maximum atomic E-state index is 13.6. The average molecular weight is 360 g/mol. The van der Waals surface area contributed by atoms with E-state index in [1.54, 1.807) is 31.4 Å². The van der Waals surface area contributed by atoms with Gasteiger partial charge in [0.15, 0.2) is 17.5 Å². The molecule has 7 heteroatoms. The molecule has 0 saturated carbocycles. The summed E-state index contributed by atoms with van der Waals surface area (Å²) in [6, 6.07) is 11.9. The predicted molar refractivity (Wildman–Crippen MR) is 100 cm³/mol. The van der Waals surface area contributed by atoms with Gasteiger partial charge < -0.3 is 20.1 Å². The molecule has 0 aliphatic rings. The number of nitrogens with one attached hydrogen (secondary N) is 2. The molecule has 0 fully saturated rings. The monoisotopic (exact) mass is 360 g/mol. The summed E-state index contributed by atoms with van der Waals surface area (Å²) < 4.78 is 24.4. The van der Waals surface area contributed by atoms with Crippen LogP contribution in [0, 0.1) is 5.82 Å². The van der Waals surface area contributed by atoms with E-state index in [1.807, 2.05) is 26.0 Å². The van der Waals surface area contributed by atoms with Gasteiger partial charge >= 0.3 is 0 Å². The molecule has 1 aromatic heterocycles. The number of ether oxygens (including phenoxy) is 2. The van der Waals surface area contributed by atoms with Crippen LogP contribution in [0.4, 0.5) is 4.39 Å². The number of rotatable bonds is 8. The fraction of sp³-hybridized carbons (Fsp3) is 0.368. The van der Waals surface area contributed by atoms with Crippen LogP contribution >= 0.6 is 0 Å². The number of nitrogens with zero attached hydrogens (tertiary/aromatic N) is 2. The first-order valence-corrected chi connectivity index (χ1v) is 8.55. The third-order valence-electron chi connectivity index (χ3n) is 3.46. The van der Waals surface area contributed by atoms with Crippen molar-refractivity contribution in [3.05, 3.63) is 54.0 Å². The largest absolute Gasteiger partial charge is 0.486 e. The number of pyridine rings is 1. The van der Waals surface area contributed by atoms with Crippen LogP contribution in [-0.4, -0.2) is 37.2 Å². The molecule has 26 heavy (non-hydrogen) atoms. The third-order valence-corrected chi connectivity index (χ3v) is 3.46. The van der Waals surface area contributed by atoms with E-state index in [1.165, 1.54) is 6.07 Å². The number of para-hydroxylation sites is 1. The number of hydrogen-bond acceptors (Lipinski definition) is 4. The van der Waals surface area contributed by atoms with Crippen molar-refractivity contribution in [3.63, 3.8) is 0 Å². The quantitative estimate of drug-likeness (QED) is 0.560. The lowest BCUT2D eigenvalue weighted by Gasteiger charge is -2.18. The number of benzene rings is 1. The maximum absolute atomic E-state index is 13.6. The molecule has 1 atom stereocenters. The molecular formula is C19H25FN4O2. The molecule has 0 radical (unpaired) electrons. The summed E-state index contributed by atoms with van der Waals surface area (Å²) in [5.41, 5.74) is 0.803. The molecule has 6 nitrogen and oxygen atoms in total. The van der Waals surface area contributed by atoms with E-state index in [0.717, 1.165) is 12.2 Å². The molecule has 0 amide bonds. The van der Waals surface area contributed by atoms with Gasteiger partial charge in [0, 0.05) is 12.6 Å². The SMILES string of the molecule is CCNC(=NCc1cccc(OC)n1)NCC(C)Oc1ccccc1F. The van der Waals surface area contributed by atoms with Crippen molar-refractivity contribution in [1.29, 1.82) is 0 Å². The van der Waals surface area contributed by atoms with Gasteiger partial charge in [-0.05, 0) is 32.0 Å². The highest BCUT2D eigenvalue weighted by molar-refractivity contribution is 5.79. The number of hydrogen-bond donors (Lipinski definition) is 2. The van der Waals surface area contributed by atoms with Gasteiger partial charge in [0.05, 0.1) is 25.9 Å². The summed E-state index contributed by atoms with van der Waals surface area (Å²) in [5.74, 6) is 1.07. The zero-order chi connectivity index (χ0) is 18.8. The lowest BCUT2D eigenvalue weighted by Crippen LogP contribution is -2.41. The normalized spacial score (nSPS) is 12.4. The van der Waals surface area contributed by atoms with Crippen molar-refractivity contribution >= 4 is 5.96 Å². The number of aromatic nitrogens is 1. The highest BCUT2D eigenvalue weighted by Crippen LogP contribution is 2.16. The zero-order valence-corrected chi connectivity index (χ0v) is 15.3. The van der Waals surface area contributed by atoms with Crippen molar-refractivity contribution in [1.82, 2.24) is 15.6 Å². The molecule has 0 bridgehead atoms. The fourth-order valence-corrected chi connectivity index (χ4v) is 2.20.